The van der Waals surface area contributed by atoms with E-state index in [0.29, 0.717) is 28.6 Å². The molecule has 0 radical (unpaired) electrons. The van der Waals surface area contributed by atoms with Crippen molar-refractivity contribution in [2.24, 2.45) is 0 Å². The highest BCUT2D eigenvalue weighted by molar-refractivity contribution is 7.12. The summed E-state index contributed by atoms with van der Waals surface area (Å²) >= 11 is 1.24. The maximum Gasteiger partial charge on any atom is 0.295 e. The molecule has 1 aliphatic heterocycles. The second kappa shape index (κ2) is 8.00. The first-order valence-electron chi connectivity index (χ1n) is 9.13. The zero-order valence-electron chi connectivity index (χ0n) is 16.1. The number of aliphatic hydroxyl groups is 1. The van der Waals surface area contributed by atoms with Crippen molar-refractivity contribution >= 4 is 28.8 Å². The van der Waals surface area contributed by atoms with Gasteiger partial charge in [-0.1, -0.05) is 36.0 Å². The van der Waals surface area contributed by atoms with Crippen molar-refractivity contribution in [3.63, 3.8) is 0 Å². The minimum absolute atomic E-state index is 0.00265. The third-order valence-corrected chi connectivity index (χ3v) is 5.49. The van der Waals surface area contributed by atoms with Crippen LogP contribution >= 0.6 is 11.3 Å². The molecule has 0 aliphatic carbocycles. The van der Waals surface area contributed by atoms with Crippen LogP contribution in [0.1, 0.15) is 27.0 Å². The number of Topliss-reactive ketones (excluding diaryl/α,β-unsaturated/α-hetero) is 1. The molecule has 0 spiro atoms. The number of ether oxygens (including phenoxy) is 1. The van der Waals surface area contributed by atoms with E-state index in [1.54, 1.807) is 60.8 Å². The zero-order chi connectivity index (χ0) is 21.3. The molecule has 0 fully saturated rings. The predicted octanol–water partition coefficient (Wildman–Crippen LogP) is 4.39. The summed E-state index contributed by atoms with van der Waals surface area (Å²) in [5.41, 5.74) is 0.627. The van der Waals surface area contributed by atoms with Gasteiger partial charge in [0.15, 0.2) is 11.6 Å². The molecule has 1 atom stereocenters. The molecule has 30 heavy (non-hydrogen) atoms. The molecule has 7 nitrogen and oxygen atoms in total. The van der Waals surface area contributed by atoms with E-state index in [1.807, 2.05) is 0 Å². The highest BCUT2D eigenvalue weighted by atomic mass is 32.1. The number of rotatable bonds is 7. The first-order valence-corrected chi connectivity index (χ1v) is 10.0. The first kappa shape index (κ1) is 19.7. The van der Waals surface area contributed by atoms with Gasteiger partial charge in [-0.2, -0.15) is 0 Å². The number of carbonyl (C=O) groups excluding carboxylic acids is 2. The Hall–Kier alpha value is -3.65. The predicted molar refractivity (Wildman–Crippen MR) is 112 cm³/mol. The van der Waals surface area contributed by atoms with Gasteiger partial charge >= 0.3 is 0 Å². The van der Waals surface area contributed by atoms with Crippen LogP contribution in [-0.2, 0) is 4.79 Å². The van der Waals surface area contributed by atoms with Gasteiger partial charge in [0.1, 0.15) is 18.1 Å². The molecule has 1 aliphatic rings. The van der Waals surface area contributed by atoms with Gasteiger partial charge in [-0.15, -0.1) is 11.3 Å². The fraction of sp³-hybridized carbons (Fsp3) is 0.136. The van der Waals surface area contributed by atoms with E-state index < -0.39 is 23.5 Å². The highest BCUT2D eigenvalue weighted by Crippen LogP contribution is 2.42. The van der Waals surface area contributed by atoms with Gasteiger partial charge in [0.05, 0.1) is 16.5 Å². The average molecular weight is 422 g/mol. The van der Waals surface area contributed by atoms with Gasteiger partial charge in [0, 0.05) is 6.07 Å². The summed E-state index contributed by atoms with van der Waals surface area (Å²) < 4.78 is 10.6. The SMILES string of the molecule is C=CCOc1ccc([C@@H]2C(C(=O)c3cccs3)=C(O)C(=O)N2c2cc(C)on2)cc1. The standard InChI is InChI=1S/C22H18N2O5S/c1-3-10-28-15-8-6-14(7-9-15)19-18(20(25)16-5-4-11-30-16)21(26)22(27)24(19)17-12-13(2)29-23-17/h3-9,11-12,19,26H,1,10H2,2H3/t19-/m1/s1. The molecule has 0 saturated heterocycles. The molecule has 4 rings (SSSR count). The molecule has 1 aromatic carbocycles. The Kier molecular flexibility index (Phi) is 5.24. The first-order chi connectivity index (χ1) is 14.5. The monoisotopic (exact) mass is 422 g/mol. The number of carbonyl (C=O) groups is 2. The van der Waals surface area contributed by atoms with E-state index in [1.165, 1.54) is 16.2 Å². The largest absolute Gasteiger partial charge is 0.503 e. The number of hydrogen-bond donors (Lipinski definition) is 1. The van der Waals surface area contributed by atoms with E-state index in [-0.39, 0.29) is 11.4 Å². The van der Waals surface area contributed by atoms with Crippen molar-refractivity contribution in [1.29, 1.82) is 0 Å². The molecule has 1 amide bonds. The smallest absolute Gasteiger partial charge is 0.295 e. The molecule has 8 heteroatoms. The van der Waals surface area contributed by atoms with Gasteiger partial charge < -0.3 is 14.4 Å². The summed E-state index contributed by atoms with van der Waals surface area (Å²) in [7, 11) is 0. The molecule has 3 heterocycles. The third-order valence-electron chi connectivity index (χ3n) is 4.62. The Morgan fingerprint density at radius 3 is 2.73 bits per heavy atom. The molecule has 1 N–H and O–H groups in total. The lowest BCUT2D eigenvalue weighted by Crippen LogP contribution is -2.31. The summed E-state index contributed by atoms with van der Waals surface area (Å²) in [6.07, 6.45) is 1.64. The summed E-state index contributed by atoms with van der Waals surface area (Å²) in [5, 5.41) is 16.3. The van der Waals surface area contributed by atoms with Crippen molar-refractivity contribution in [3.8, 4) is 5.75 Å². The second-order valence-electron chi connectivity index (χ2n) is 6.61. The number of thiophene rings is 1. The number of benzene rings is 1. The topological polar surface area (TPSA) is 92.9 Å². The fourth-order valence-electron chi connectivity index (χ4n) is 3.30. The summed E-state index contributed by atoms with van der Waals surface area (Å²) in [5.74, 6) is -0.370. The molecule has 2 aromatic heterocycles. The normalized spacial score (nSPS) is 16.2. The van der Waals surface area contributed by atoms with Crippen molar-refractivity contribution in [2.45, 2.75) is 13.0 Å². The van der Waals surface area contributed by atoms with E-state index in [9.17, 15) is 14.7 Å². The molecule has 152 valence electrons. The number of amides is 1. The van der Waals surface area contributed by atoms with Crippen LogP contribution in [0.25, 0.3) is 0 Å². The molecular weight excluding hydrogens is 404 g/mol. The van der Waals surface area contributed by atoms with Crippen molar-refractivity contribution < 1.29 is 24.0 Å². The Bertz CT molecular complexity index is 1130. The van der Waals surface area contributed by atoms with Crippen molar-refractivity contribution in [2.75, 3.05) is 11.5 Å². The number of anilines is 1. The van der Waals surface area contributed by atoms with Crippen LogP contribution in [0.15, 0.2) is 76.4 Å². The average Bonchev–Trinajstić information content (AvgIpc) is 3.48. The number of aryl methyl sites for hydroxylation is 1. The number of ketones is 1. The van der Waals surface area contributed by atoms with Crippen LogP contribution in [0.3, 0.4) is 0 Å². The van der Waals surface area contributed by atoms with Gasteiger partial charge in [-0.05, 0) is 36.1 Å². The Balaban J connectivity index is 1.80. The van der Waals surface area contributed by atoms with Gasteiger partial charge in [-0.3, -0.25) is 14.5 Å². The van der Waals surface area contributed by atoms with E-state index in [4.69, 9.17) is 9.26 Å². The van der Waals surface area contributed by atoms with Crippen LogP contribution in [0, 0.1) is 6.92 Å². The zero-order valence-corrected chi connectivity index (χ0v) is 16.9. The van der Waals surface area contributed by atoms with Crippen LogP contribution in [0.2, 0.25) is 0 Å². The van der Waals surface area contributed by atoms with E-state index in [2.05, 4.69) is 11.7 Å². The van der Waals surface area contributed by atoms with Crippen molar-refractivity contribution in [3.05, 3.63) is 88.0 Å². The van der Waals surface area contributed by atoms with E-state index in [0.717, 1.165) is 0 Å². The molecule has 0 unspecified atom stereocenters. The minimum atomic E-state index is -0.856. The summed E-state index contributed by atoms with van der Waals surface area (Å²) in [6.45, 7) is 5.67. The summed E-state index contributed by atoms with van der Waals surface area (Å²) in [4.78, 5) is 27.8. The lowest BCUT2D eigenvalue weighted by Gasteiger charge is -2.24. The summed E-state index contributed by atoms with van der Waals surface area (Å²) in [6, 6.07) is 11.1. The quantitative estimate of drug-likeness (QED) is 0.448. The molecule has 3 aromatic rings. The maximum atomic E-state index is 13.2. The number of nitrogens with zero attached hydrogens (tertiary/aromatic N) is 2. The van der Waals surface area contributed by atoms with Crippen LogP contribution in [0.5, 0.6) is 5.75 Å². The minimum Gasteiger partial charge on any atom is -0.503 e. The van der Waals surface area contributed by atoms with Gasteiger partial charge in [0.25, 0.3) is 5.91 Å². The van der Waals surface area contributed by atoms with Crippen molar-refractivity contribution in [1.82, 2.24) is 5.16 Å². The van der Waals surface area contributed by atoms with Crippen LogP contribution in [-0.4, -0.2) is 28.6 Å². The Morgan fingerprint density at radius 1 is 1.37 bits per heavy atom. The van der Waals surface area contributed by atoms with Crippen LogP contribution in [0.4, 0.5) is 5.82 Å². The highest BCUT2D eigenvalue weighted by Gasteiger charge is 2.46. The van der Waals surface area contributed by atoms with Crippen LogP contribution < -0.4 is 9.64 Å². The maximum absolute atomic E-state index is 13.2. The second-order valence-corrected chi connectivity index (χ2v) is 7.56. The Labute approximate surface area is 176 Å². The van der Waals surface area contributed by atoms with Gasteiger partial charge in [-0.25, -0.2) is 0 Å². The van der Waals surface area contributed by atoms with Gasteiger partial charge in [0.2, 0.25) is 5.78 Å². The lowest BCUT2D eigenvalue weighted by molar-refractivity contribution is -0.117. The number of aromatic nitrogens is 1. The number of aliphatic hydroxyl groups excluding tert-OH is 1. The molecular formula is C22H18N2O5S. The Morgan fingerprint density at radius 2 is 2.13 bits per heavy atom. The fourth-order valence-corrected chi connectivity index (χ4v) is 3.98. The van der Waals surface area contributed by atoms with E-state index >= 15 is 0 Å². The third kappa shape index (κ3) is 3.42. The number of hydrogen-bond acceptors (Lipinski definition) is 7. The molecule has 0 bridgehead atoms. The lowest BCUT2D eigenvalue weighted by atomic mass is 9.95. The molecule has 0 saturated carbocycles.